The van der Waals surface area contributed by atoms with Crippen molar-refractivity contribution in [3.8, 4) is 0 Å². The van der Waals surface area contributed by atoms with Crippen molar-refractivity contribution in [2.45, 2.75) is 24.4 Å². The van der Waals surface area contributed by atoms with Crippen LogP contribution in [0.25, 0.3) is 0 Å². The Morgan fingerprint density at radius 3 is 0.842 bits per heavy atom. The average Bonchev–Trinajstić information content (AvgIpc) is 3.73. The van der Waals surface area contributed by atoms with Crippen LogP contribution in [0.15, 0.2) is 72.8 Å². The van der Waals surface area contributed by atoms with Gasteiger partial charge in [-0.05, 0) is 93.3 Å². The van der Waals surface area contributed by atoms with Gasteiger partial charge >= 0.3 is 0 Å². The van der Waals surface area contributed by atoms with E-state index >= 15 is 0 Å². The monoisotopic (exact) mass is 496 g/mol. The largest absolute Gasteiger partial charge is 0.365 e. The average molecular weight is 497 g/mol. The lowest BCUT2D eigenvalue weighted by Crippen LogP contribution is -2.82. The van der Waals surface area contributed by atoms with Gasteiger partial charge in [0.25, 0.3) is 0 Å². The van der Waals surface area contributed by atoms with Gasteiger partial charge in [0, 0.05) is 23.7 Å². The fourth-order valence-corrected chi connectivity index (χ4v) is 14.8. The van der Waals surface area contributed by atoms with Crippen LogP contribution in [0.1, 0.15) is 46.7 Å². The SMILES string of the molecule is C1=CC2C3C4OC(c5ccccc54)C3C1C1C2C2C1C1C3C4C=CC(C5C6OC(c7ccccc76)C45)C3C21. The predicted molar refractivity (Wildman–Crippen MR) is 140 cm³/mol. The van der Waals surface area contributed by atoms with E-state index in [-0.39, 0.29) is 0 Å². The van der Waals surface area contributed by atoms with E-state index in [9.17, 15) is 0 Å². The number of allylic oxidation sites excluding steroid dienone is 4. The molecule has 4 heterocycles. The summed E-state index contributed by atoms with van der Waals surface area (Å²) in [6.45, 7) is 0. The topological polar surface area (TPSA) is 18.5 Å². The molecule has 2 heteroatoms. The van der Waals surface area contributed by atoms with Gasteiger partial charge in [0.15, 0.2) is 0 Å². The molecule has 16 unspecified atom stereocenters. The quantitative estimate of drug-likeness (QED) is 0.378. The summed E-state index contributed by atoms with van der Waals surface area (Å²) in [7, 11) is 0. The van der Waals surface area contributed by atoms with E-state index in [4.69, 9.17) is 9.47 Å². The lowest BCUT2D eigenvalue weighted by Gasteiger charge is -2.85. The number of fused-ring (bicyclic) bond motifs is 14. The first kappa shape index (κ1) is 19.0. The molecule has 0 radical (unpaired) electrons. The summed E-state index contributed by atoms with van der Waals surface area (Å²) in [6.07, 6.45) is 12.3. The molecule has 4 aliphatic heterocycles. The number of rotatable bonds is 0. The van der Waals surface area contributed by atoms with Gasteiger partial charge in [-0.15, -0.1) is 0 Å². The van der Waals surface area contributed by atoms with Crippen LogP contribution in [0.3, 0.4) is 0 Å². The second-order valence-electron chi connectivity index (χ2n) is 15.2. The number of hydrogen-bond donors (Lipinski definition) is 0. The van der Waals surface area contributed by atoms with Crippen molar-refractivity contribution in [2.75, 3.05) is 0 Å². The Hall–Kier alpha value is -2.16. The molecule has 0 spiro atoms. The highest BCUT2D eigenvalue weighted by Crippen LogP contribution is 2.87. The zero-order valence-electron chi connectivity index (χ0n) is 21.3. The Kier molecular flexibility index (Phi) is 2.84. The molecular weight excluding hydrogens is 464 g/mol. The van der Waals surface area contributed by atoms with Crippen LogP contribution in [0.4, 0.5) is 0 Å². The van der Waals surface area contributed by atoms with E-state index in [1.54, 1.807) is 0 Å². The minimum absolute atomic E-state index is 0.365. The Labute approximate surface area is 223 Å². The summed E-state index contributed by atoms with van der Waals surface area (Å²) >= 11 is 0. The molecule has 13 aliphatic rings. The van der Waals surface area contributed by atoms with Gasteiger partial charge in [0.2, 0.25) is 0 Å². The molecule has 8 bridgehead atoms. The van der Waals surface area contributed by atoms with Crippen molar-refractivity contribution in [1.82, 2.24) is 0 Å². The second-order valence-corrected chi connectivity index (χ2v) is 15.2. The van der Waals surface area contributed by atoms with Crippen molar-refractivity contribution >= 4 is 0 Å². The molecule has 0 N–H and O–H groups in total. The number of ether oxygens (including phenoxy) is 2. The first-order valence-electron chi connectivity index (χ1n) is 15.8. The molecule has 2 nitrogen and oxygen atoms in total. The molecule has 9 aliphatic carbocycles. The summed E-state index contributed by atoms with van der Waals surface area (Å²) in [5.41, 5.74) is 6.11. The standard InChI is InChI=1S/C36H32O2/c1-2-6-14-13(5-1)33-25-17-9-10-18(26(25)34(14)37-33)22-21(17)29-30(22)32-24-20-12-11-19(23(24)31(29)32)27-28(20)36-16-8-4-3-7-15(16)35(27)38-36/h1-12,17-36H. The Morgan fingerprint density at radius 2 is 0.579 bits per heavy atom. The van der Waals surface area contributed by atoms with E-state index in [0.29, 0.717) is 24.4 Å². The lowest BCUT2D eigenvalue weighted by atomic mass is 9.19. The van der Waals surface area contributed by atoms with Gasteiger partial charge in [-0.1, -0.05) is 72.8 Å². The molecule has 7 fully saturated rings. The van der Waals surface area contributed by atoms with Crippen molar-refractivity contribution in [3.05, 3.63) is 95.1 Å². The van der Waals surface area contributed by atoms with Gasteiger partial charge < -0.3 is 9.47 Å². The normalized spacial score (nSPS) is 63.4. The molecule has 2 saturated heterocycles. The molecule has 38 heavy (non-hydrogen) atoms. The van der Waals surface area contributed by atoms with Crippen LogP contribution < -0.4 is 0 Å². The van der Waals surface area contributed by atoms with Crippen LogP contribution in [-0.2, 0) is 9.47 Å². The van der Waals surface area contributed by atoms with Crippen LogP contribution >= 0.6 is 0 Å². The van der Waals surface area contributed by atoms with Crippen molar-refractivity contribution in [1.29, 1.82) is 0 Å². The van der Waals surface area contributed by atoms with Gasteiger partial charge in [0.05, 0.1) is 24.4 Å². The third-order valence-electron chi connectivity index (χ3n) is 15.2. The van der Waals surface area contributed by atoms with Gasteiger partial charge in [-0.2, -0.15) is 0 Å². The first-order chi connectivity index (χ1) is 18.9. The highest BCUT2D eigenvalue weighted by molar-refractivity contribution is 5.46. The van der Waals surface area contributed by atoms with E-state index in [1.165, 1.54) is 22.3 Å². The fourth-order valence-electron chi connectivity index (χ4n) is 14.8. The van der Waals surface area contributed by atoms with Crippen molar-refractivity contribution in [3.63, 3.8) is 0 Å². The summed E-state index contributed by atoms with van der Waals surface area (Å²) in [6, 6.07) is 18.4. The highest BCUT2D eigenvalue weighted by Gasteiger charge is 2.84. The van der Waals surface area contributed by atoms with E-state index in [2.05, 4.69) is 72.8 Å². The maximum Gasteiger partial charge on any atom is 0.0874 e. The van der Waals surface area contributed by atoms with Gasteiger partial charge in [-0.3, -0.25) is 0 Å². The van der Waals surface area contributed by atoms with Crippen LogP contribution in [0.5, 0.6) is 0 Å². The molecule has 188 valence electrons. The maximum absolute atomic E-state index is 6.84. The van der Waals surface area contributed by atoms with Gasteiger partial charge in [0.1, 0.15) is 0 Å². The third-order valence-corrected chi connectivity index (χ3v) is 15.2. The van der Waals surface area contributed by atoms with Crippen LogP contribution in [-0.4, -0.2) is 0 Å². The molecule has 0 aromatic heterocycles. The molecule has 5 saturated carbocycles. The zero-order chi connectivity index (χ0) is 23.8. The highest BCUT2D eigenvalue weighted by atomic mass is 16.5. The minimum Gasteiger partial charge on any atom is -0.365 e. The Bertz CT molecular complexity index is 1320. The first-order valence-corrected chi connectivity index (χ1v) is 15.8. The maximum atomic E-state index is 6.84. The lowest BCUT2D eigenvalue weighted by molar-refractivity contribution is -0.369. The van der Waals surface area contributed by atoms with Crippen molar-refractivity contribution < 1.29 is 9.47 Å². The molecule has 16 atom stereocenters. The van der Waals surface area contributed by atoms with Gasteiger partial charge in [-0.25, -0.2) is 0 Å². The number of benzene rings is 2. The zero-order valence-corrected chi connectivity index (χ0v) is 21.3. The van der Waals surface area contributed by atoms with Crippen LogP contribution in [0, 0.1) is 94.7 Å². The molecule has 2 aromatic carbocycles. The predicted octanol–water partition coefficient (Wildman–Crippen LogP) is 6.71. The molecule has 2 aromatic rings. The Morgan fingerprint density at radius 1 is 0.316 bits per heavy atom. The number of hydrogen-bond acceptors (Lipinski definition) is 2. The fraction of sp³-hybridized carbons (Fsp3) is 0.556. The summed E-state index contributed by atoms with van der Waals surface area (Å²) in [4.78, 5) is 0. The van der Waals surface area contributed by atoms with E-state index < -0.39 is 0 Å². The summed E-state index contributed by atoms with van der Waals surface area (Å²) < 4.78 is 13.7. The molecular formula is C36H32O2. The smallest absolute Gasteiger partial charge is 0.0874 e. The summed E-state index contributed by atoms with van der Waals surface area (Å²) in [5.74, 6) is 13.9. The molecule has 0 amide bonds. The second kappa shape index (κ2) is 5.68. The third kappa shape index (κ3) is 1.63. The minimum atomic E-state index is 0.365. The Balaban J connectivity index is 0.890. The van der Waals surface area contributed by atoms with Crippen LogP contribution in [0.2, 0.25) is 0 Å². The molecule has 15 rings (SSSR count). The van der Waals surface area contributed by atoms with Crippen molar-refractivity contribution in [2.24, 2.45) is 94.7 Å². The van der Waals surface area contributed by atoms with E-state index in [0.717, 1.165) is 94.7 Å². The summed E-state index contributed by atoms with van der Waals surface area (Å²) in [5, 5.41) is 0. The van der Waals surface area contributed by atoms with E-state index in [1.807, 2.05) is 0 Å².